The molecule has 0 saturated heterocycles. The number of allylic oxidation sites excluding steroid dienone is 14. The number of aromatic amines is 1. The molecule has 1 fully saturated rings. The molecular formula is C32H34FN5. The van der Waals surface area contributed by atoms with Gasteiger partial charge in [-0.15, -0.1) is 0 Å². The number of pyridine rings is 1. The first kappa shape index (κ1) is 26.9. The zero-order valence-electron chi connectivity index (χ0n) is 22.2. The highest BCUT2D eigenvalue weighted by Gasteiger charge is 2.27. The zero-order chi connectivity index (χ0) is 27.2. The predicted octanol–water partition coefficient (Wildman–Crippen LogP) is 6.78. The van der Waals surface area contributed by atoms with Gasteiger partial charge >= 0.3 is 0 Å². The number of aromatic nitrogens is 3. The summed E-state index contributed by atoms with van der Waals surface area (Å²) < 4.78 is 13.8. The van der Waals surface area contributed by atoms with Gasteiger partial charge in [-0.3, -0.25) is 10.1 Å². The number of aliphatic imine (C=N–C) groups is 1. The lowest BCUT2D eigenvalue weighted by Gasteiger charge is -2.33. The fourth-order valence-electron chi connectivity index (χ4n) is 4.53. The van der Waals surface area contributed by atoms with Crippen LogP contribution in [-0.4, -0.2) is 34.5 Å². The standard InChI is InChI=1S/C32H34FN5/c1-6-23(27(18-35-5)14-21(3)26-16-28(34)17-26)15-25-9-7-8-24(11-10-20(25)2)29-19-36-38-32(29)31-13-12-30(33)22(4)37-31/h6-15,18-19,26,28H,2-3,16-17,34H2,1,4-5H3,(H,36,38)/b9-7+,11-10-,23-6+,24-8-,25-15-,27-14-,35-18?. The third-order valence-electron chi connectivity index (χ3n) is 6.88. The maximum Gasteiger partial charge on any atom is 0.144 e. The van der Waals surface area contributed by atoms with Crippen molar-refractivity contribution in [1.29, 1.82) is 0 Å². The van der Waals surface area contributed by atoms with Crippen LogP contribution in [0.25, 0.3) is 17.0 Å². The van der Waals surface area contributed by atoms with Crippen LogP contribution in [0.4, 0.5) is 4.39 Å². The first-order valence-electron chi connectivity index (χ1n) is 12.7. The Morgan fingerprint density at radius 2 is 2.00 bits per heavy atom. The topological polar surface area (TPSA) is 80.0 Å². The van der Waals surface area contributed by atoms with Gasteiger partial charge in [0, 0.05) is 24.9 Å². The molecule has 5 nitrogen and oxygen atoms in total. The van der Waals surface area contributed by atoms with Crippen LogP contribution < -0.4 is 5.73 Å². The average Bonchev–Trinajstić information content (AvgIpc) is 3.35. The normalized spacial score (nSPS) is 24.5. The van der Waals surface area contributed by atoms with Crippen molar-refractivity contribution < 1.29 is 4.39 Å². The van der Waals surface area contributed by atoms with Gasteiger partial charge < -0.3 is 5.73 Å². The molecule has 0 unspecified atom stereocenters. The van der Waals surface area contributed by atoms with E-state index in [1.807, 2.05) is 43.5 Å². The first-order valence-corrected chi connectivity index (χ1v) is 12.7. The van der Waals surface area contributed by atoms with Crippen LogP contribution in [0.3, 0.4) is 0 Å². The van der Waals surface area contributed by atoms with Crippen LogP contribution in [0.2, 0.25) is 0 Å². The van der Waals surface area contributed by atoms with Gasteiger partial charge in [0.25, 0.3) is 0 Å². The summed E-state index contributed by atoms with van der Waals surface area (Å²) in [4.78, 5) is 8.66. The van der Waals surface area contributed by atoms with Crippen molar-refractivity contribution in [3.05, 3.63) is 125 Å². The number of halogens is 1. The number of hydrogen-bond acceptors (Lipinski definition) is 4. The highest BCUT2D eigenvalue weighted by Crippen LogP contribution is 2.34. The van der Waals surface area contributed by atoms with Crippen molar-refractivity contribution in [2.24, 2.45) is 16.6 Å². The van der Waals surface area contributed by atoms with Gasteiger partial charge in [-0.1, -0.05) is 55.2 Å². The molecule has 4 rings (SSSR count). The molecule has 0 aromatic carbocycles. The van der Waals surface area contributed by atoms with E-state index in [-0.39, 0.29) is 11.9 Å². The van der Waals surface area contributed by atoms with E-state index in [9.17, 15) is 4.39 Å². The number of nitrogens with one attached hydrogen (secondary N) is 1. The molecule has 2 aliphatic carbocycles. The Morgan fingerprint density at radius 3 is 2.68 bits per heavy atom. The molecule has 3 N–H and O–H groups in total. The van der Waals surface area contributed by atoms with E-state index in [0.717, 1.165) is 57.5 Å². The van der Waals surface area contributed by atoms with Gasteiger partial charge in [0.05, 0.1) is 23.3 Å². The van der Waals surface area contributed by atoms with Crippen molar-refractivity contribution in [1.82, 2.24) is 15.2 Å². The Bertz CT molecular complexity index is 1450. The summed E-state index contributed by atoms with van der Waals surface area (Å²) in [6.07, 6.45) is 21.9. The van der Waals surface area contributed by atoms with Crippen LogP contribution in [0, 0.1) is 18.7 Å². The number of H-pyrrole nitrogens is 1. The number of nitrogens with zero attached hydrogens (tertiary/aromatic N) is 3. The van der Waals surface area contributed by atoms with Gasteiger partial charge in [-0.2, -0.15) is 5.10 Å². The lowest BCUT2D eigenvalue weighted by Crippen LogP contribution is -2.36. The van der Waals surface area contributed by atoms with Crippen LogP contribution >= 0.6 is 0 Å². The fraction of sp³-hybridized carbons (Fsp3) is 0.219. The summed E-state index contributed by atoms with van der Waals surface area (Å²) in [5.41, 5.74) is 14.5. The van der Waals surface area contributed by atoms with Gasteiger partial charge in [-0.05, 0) is 84.8 Å². The predicted molar refractivity (Wildman–Crippen MR) is 156 cm³/mol. The van der Waals surface area contributed by atoms with Gasteiger partial charge in [0.1, 0.15) is 5.82 Å². The Labute approximate surface area is 224 Å². The van der Waals surface area contributed by atoms with E-state index in [4.69, 9.17) is 5.73 Å². The highest BCUT2D eigenvalue weighted by atomic mass is 19.1. The summed E-state index contributed by atoms with van der Waals surface area (Å²) in [7, 11) is 1.77. The number of nitrogens with two attached hydrogens (primary N) is 1. The van der Waals surface area contributed by atoms with Crippen molar-refractivity contribution in [2.75, 3.05) is 7.05 Å². The van der Waals surface area contributed by atoms with E-state index < -0.39 is 0 Å². The van der Waals surface area contributed by atoms with Gasteiger partial charge in [0.15, 0.2) is 0 Å². The minimum atomic E-state index is -0.335. The zero-order valence-corrected chi connectivity index (χ0v) is 22.2. The second kappa shape index (κ2) is 11.9. The second-order valence-electron chi connectivity index (χ2n) is 9.60. The van der Waals surface area contributed by atoms with E-state index in [1.54, 1.807) is 26.2 Å². The maximum atomic E-state index is 13.8. The molecule has 194 valence electrons. The average molecular weight is 508 g/mol. The molecule has 2 heterocycles. The number of rotatable bonds is 7. The molecule has 2 aromatic rings. The minimum absolute atomic E-state index is 0.277. The fourth-order valence-corrected chi connectivity index (χ4v) is 4.53. The third-order valence-corrected chi connectivity index (χ3v) is 6.88. The number of aryl methyl sites for hydroxylation is 1. The van der Waals surface area contributed by atoms with Gasteiger partial charge in [-0.25, -0.2) is 9.37 Å². The van der Waals surface area contributed by atoms with Gasteiger partial charge in [0.2, 0.25) is 0 Å². The molecule has 38 heavy (non-hydrogen) atoms. The SMILES string of the molecule is C=C1\C=C/C(c2cn[nH]c2-c2ccc(F)c(C)n2)=C/C=C/C1=C/C(=C\C)C(/C=NC)=C\C(=C)C1CC(N)C1. The molecule has 6 heteroatoms. The molecule has 0 atom stereocenters. The maximum absolute atomic E-state index is 13.8. The molecule has 0 aliphatic heterocycles. The quantitative estimate of drug-likeness (QED) is 0.320. The van der Waals surface area contributed by atoms with Crippen LogP contribution in [0.5, 0.6) is 0 Å². The van der Waals surface area contributed by atoms with Crippen molar-refractivity contribution in [2.45, 2.75) is 32.7 Å². The summed E-state index contributed by atoms with van der Waals surface area (Å²) in [5, 5.41) is 7.23. The van der Waals surface area contributed by atoms with E-state index in [2.05, 4.69) is 51.6 Å². The largest absolute Gasteiger partial charge is 0.328 e. The van der Waals surface area contributed by atoms with Crippen LogP contribution in [0.1, 0.15) is 31.0 Å². The molecule has 0 bridgehead atoms. The van der Waals surface area contributed by atoms with Crippen LogP contribution in [-0.2, 0) is 0 Å². The molecular weight excluding hydrogens is 473 g/mol. The Hall–Kier alpha value is -4.16. The molecule has 0 radical (unpaired) electrons. The first-order chi connectivity index (χ1) is 18.3. The molecule has 0 amide bonds. The smallest absolute Gasteiger partial charge is 0.144 e. The summed E-state index contributed by atoms with van der Waals surface area (Å²) in [6.45, 7) is 12.3. The monoisotopic (exact) mass is 507 g/mol. The van der Waals surface area contributed by atoms with E-state index in [1.165, 1.54) is 6.07 Å². The molecule has 1 saturated carbocycles. The summed E-state index contributed by atoms with van der Waals surface area (Å²) in [5.74, 6) is 0.0966. The number of hydrogen-bond donors (Lipinski definition) is 2. The van der Waals surface area contributed by atoms with Crippen molar-refractivity contribution in [3.8, 4) is 11.4 Å². The second-order valence-corrected chi connectivity index (χ2v) is 9.60. The lowest BCUT2D eigenvalue weighted by atomic mass is 9.76. The molecule has 2 aliphatic rings. The Kier molecular flexibility index (Phi) is 8.44. The molecule has 2 aromatic heterocycles. The van der Waals surface area contributed by atoms with Crippen LogP contribution in [0.15, 0.2) is 113 Å². The van der Waals surface area contributed by atoms with Crippen molar-refractivity contribution in [3.63, 3.8) is 0 Å². The third kappa shape index (κ3) is 6.03. The minimum Gasteiger partial charge on any atom is -0.328 e. The highest BCUT2D eigenvalue weighted by molar-refractivity contribution is 5.87. The van der Waals surface area contributed by atoms with E-state index in [0.29, 0.717) is 17.3 Å². The summed E-state index contributed by atoms with van der Waals surface area (Å²) >= 11 is 0. The summed E-state index contributed by atoms with van der Waals surface area (Å²) in [6, 6.07) is 3.35. The van der Waals surface area contributed by atoms with E-state index >= 15 is 0 Å². The Balaban J connectivity index is 1.62. The Morgan fingerprint density at radius 1 is 1.21 bits per heavy atom. The lowest BCUT2D eigenvalue weighted by molar-refractivity contribution is 0.314. The molecule has 0 spiro atoms. The van der Waals surface area contributed by atoms with Crippen molar-refractivity contribution >= 4 is 11.8 Å².